The second kappa shape index (κ2) is 18.7. The molecule has 4 rings (SSSR count). The van der Waals surface area contributed by atoms with Gasteiger partial charge in [0.1, 0.15) is 0 Å². The minimum absolute atomic E-state index is 0.558. The lowest BCUT2D eigenvalue weighted by molar-refractivity contribution is -0.134. The van der Waals surface area contributed by atoms with E-state index in [2.05, 4.69) is 71.1 Å². The summed E-state index contributed by atoms with van der Waals surface area (Å²) in [4.78, 5) is 49.9. The van der Waals surface area contributed by atoms with Gasteiger partial charge >= 0.3 is 23.9 Å². The van der Waals surface area contributed by atoms with Gasteiger partial charge in [-0.2, -0.15) is 0 Å². The summed E-state index contributed by atoms with van der Waals surface area (Å²) in [6.07, 6.45) is 3.43. The Kier molecular flexibility index (Phi) is 15.4. The molecule has 0 radical (unpaired) electrons. The Hall–Kier alpha value is -3.78. The molecule has 0 aromatic heterocycles. The monoisotopic (exact) mass is 631 g/mol. The van der Waals surface area contributed by atoms with Gasteiger partial charge in [-0.1, -0.05) is 30.8 Å². The number of likely N-dealkylation sites (N-methyl/N-ethyl adjacent to an activating group) is 1. The Balaban J connectivity index is 0.000000334. The summed E-state index contributed by atoms with van der Waals surface area (Å²) in [6.45, 7) is 9.30. The molecule has 1 fully saturated rings. The van der Waals surface area contributed by atoms with Crippen molar-refractivity contribution in [3.05, 3.63) is 66.8 Å². The first-order valence-electron chi connectivity index (χ1n) is 13.5. The number of carbonyl (C=O) groups is 4. The zero-order valence-corrected chi connectivity index (χ0v) is 25.7. The molecule has 232 valence electrons. The Labute approximate surface area is 259 Å². The molecule has 2 aliphatic heterocycles. The van der Waals surface area contributed by atoms with Crippen LogP contribution in [0.4, 0.5) is 11.4 Å². The van der Waals surface area contributed by atoms with Crippen molar-refractivity contribution in [2.24, 2.45) is 0 Å². The molecule has 0 amide bonds. The van der Waals surface area contributed by atoms with E-state index in [1.54, 1.807) is 0 Å². The van der Waals surface area contributed by atoms with Gasteiger partial charge in [0.25, 0.3) is 0 Å². The van der Waals surface area contributed by atoms with Crippen molar-refractivity contribution in [3.8, 4) is 0 Å². The number of hydrogen-bond donors (Lipinski definition) is 4. The number of aliphatic carboxylic acids is 4. The third kappa shape index (κ3) is 13.4. The molecular weight excluding hydrogens is 594 g/mol. The fourth-order valence-electron chi connectivity index (χ4n) is 4.12. The van der Waals surface area contributed by atoms with Crippen LogP contribution < -0.4 is 4.90 Å². The molecule has 2 aliphatic rings. The first-order valence-corrected chi connectivity index (χ1v) is 15.3. The summed E-state index contributed by atoms with van der Waals surface area (Å²) in [7, 11) is 2.22. The van der Waals surface area contributed by atoms with Crippen molar-refractivity contribution < 1.29 is 39.6 Å². The van der Waals surface area contributed by atoms with Crippen LogP contribution in [0.5, 0.6) is 0 Å². The lowest BCUT2D eigenvalue weighted by Crippen LogP contribution is -2.45. The van der Waals surface area contributed by atoms with Crippen LogP contribution in [-0.4, -0.2) is 106 Å². The molecular formula is C30H37N3O8S2. The average molecular weight is 632 g/mol. The molecule has 0 unspecified atom stereocenters. The van der Waals surface area contributed by atoms with Gasteiger partial charge < -0.3 is 35.1 Å². The van der Waals surface area contributed by atoms with Gasteiger partial charge in [-0.15, -0.1) is 11.8 Å². The van der Waals surface area contributed by atoms with Gasteiger partial charge in [-0.05, 0) is 56.1 Å². The summed E-state index contributed by atoms with van der Waals surface area (Å²) < 4.78 is 0. The van der Waals surface area contributed by atoms with Crippen LogP contribution in [0.25, 0.3) is 0 Å². The van der Waals surface area contributed by atoms with Crippen molar-refractivity contribution >= 4 is 58.8 Å². The minimum Gasteiger partial charge on any atom is -0.478 e. The van der Waals surface area contributed by atoms with Crippen LogP contribution in [0.3, 0.4) is 0 Å². The Morgan fingerprint density at radius 3 is 1.84 bits per heavy atom. The second-order valence-corrected chi connectivity index (χ2v) is 11.7. The smallest absolute Gasteiger partial charge is 0.328 e. The van der Waals surface area contributed by atoms with E-state index < -0.39 is 23.9 Å². The second-order valence-electron chi connectivity index (χ2n) is 9.30. The fraction of sp³-hybridized carbons (Fsp3) is 0.333. The number of piperazine rings is 1. The summed E-state index contributed by atoms with van der Waals surface area (Å²) in [6, 6.07) is 15.8. The lowest BCUT2D eigenvalue weighted by Gasteiger charge is -2.35. The van der Waals surface area contributed by atoms with Gasteiger partial charge in [0.2, 0.25) is 0 Å². The van der Waals surface area contributed by atoms with E-state index in [1.807, 2.05) is 23.5 Å². The SMILES string of the molecule is CCSc1ccc2c(c1)N(CCCN1CCN(C)CC1)c1ccccc1S2.O=C(O)/C=C\C(=O)O.O=C(O)/C=C\C(=O)O. The van der Waals surface area contributed by atoms with Gasteiger partial charge in [0.05, 0.1) is 11.4 Å². The quantitative estimate of drug-likeness (QED) is 0.215. The highest BCUT2D eigenvalue weighted by Gasteiger charge is 2.23. The Morgan fingerprint density at radius 1 is 0.767 bits per heavy atom. The number of rotatable bonds is 10. The first kappa shape index (κ1) is 35.4. The summed E-state index contributed by atoms with van der Waals surface area (Å²) >= 11 is 3.84. The molecule has 0 saturated carbocycles. The van der Waals surface area contributed by atoms with E-state index in [0.29, 0.717) is 24.3 Å². The van der Waals surface area contributed by atoms with E-state index in [9.17, 15) is 19.2 Å². The Morgan fingerprint density at radius 2 is 1.30 bits per heavy atom. The van der Waals surface area contributed by atoms with Gasteiger partial charge in [0.15, 0.2) is 0 Å². The van der Waals surface area contributed by atoms with Crippen LogP contribution in [0, 0.1) is 0 Å². The van der Waals surface area contributed by atoms with Crippen molar-refractivity contribution in [1.82, 2.24) is 9.80 Å². The summed E-state index contributed by atoms with van der Waals surface area (Å²) in [5, 5.41) is 31.2. The average Bonchev–Trinajstić information content (AvgIpc) is 2.96. The highest BCUT2D eigenvalue weighted by molar-refractivity contribution is 8.00. The predicted octanol–water partition coefficient (Wildman–Crippen LogP) is 4.46. The van der Waals surface area contributed by atoms with E-state index in [-0.39, 0.29) is 0 Å². The van der Waals surface area contributed by atoms with Crippen LogP contribution in [0.15, 0.2) is 81.5 Å². The molecule has 2 aromatic rings. The van der Waals surface area contributed by atoms with Crippen molar-refractivity contribution in [1.29, 1.82) is 0 Å². The van der Waals surface area contributed by atoms with Gasteiger partial charge in [0, 0.05) is 71.7 Å². The fourth-order valence-corrected chi connectivity index (χ4v) is 5.88. The summed E-state index contributed by atoms with van der Waals surface area (Å²) in [5.74, 6) is -3.91. The third-order valence-electron chi connectivity index (χ3n) is 6.10. The predicted molar refractivity (Wildman–Crippen MR) is 168 cm³/mol. The van der Waals surface area contributed by atoms with E-state index in [1.165, 1.54) is 65.2 Å². The molecule has 13 heteroatoms. The van der Waals surface area contributed by atoms with Crippen LogP contribution >= 0.6 is 23.5 Å². The van der Waals surface area contributed by atoms with E-state index >= 15 is 0 Å². The molecule has 4 N–H and O–H groups in total. The molecule has 0 atom stereocenters. The maximum atomic E-state index is 9.55. The number of anilines is 2. The minimum atomic E-state index is -1.26. The van der Waals surface area contributed by atoms with E-state index in [0.717, 1.165) is 12.3 Å². The van der Waals surface area contributed by atoms with Crippen molar-refractivity contribution in [2.45, 2.75) is 28.0 Å². The third-order valence-corrected chi connectivity index (χ3v) is 8.10. The first-order chi connectivity index (χ1) is 20.5. The molecule has 2 heterocycles. The molecule has 0 aliphatic carbocycles. The largest absolute Gasteiger partial charge is 0.478 e. The lowest BCUT2D eigenvalue weighted by atomic mass is 10.2. The maximum Gasteiger partial charge on any atom is 0.328 e. The maximum absolute atomic E-state index is 9.55. The van der Waals surface area contributed by atoms with Crippen LogP contribution in [0.2, 0.25) is 0 Å². The molecule has 11 nitrogen and oxygen atoms in total. The zero-order chi connectivity index (χ0) is 31.8. The number of fused-ring (bicyclic) bond motifs is 2. The number of nitrogens with zero attached hydrogens (tertiary/aromatic N) is 3. The summed E-state index contributed by atoms with van der Waals surface area (Å²) in [5.41, 5.74) is 2.75. The normalized spacial score (nSPS) is 14.6. The molecule has 2 aromatic carbocycles. The van der Waals surface area contributed by atoms with Crippen LogP contribution in [0.1, 0.15) is 13.3 Å². The molecule has 0 spiro atoms. The zero-order valence-electron chi connectivity index (χ0n) is 24.1. The highest BCUT2D eigenvalue weighted by atomic mass is 32.2. The number of benzene rings is 2. The number of carboxylic acid groups (broad SMARTS) is 4. The van der Waals surface area contributed by atoms with Crippen LogP contribution in [-0.2, 0) is 19.2 Å². The van der Waals surface area contributed by atoms with Gasteiger partial charge in [-0.3, -0.25) is 0 Å². The molecule has 0 bridgehead atoms. The van der Waals surface area contributed by atoms with Crippen molar-refractivity contribution in [3.63, 3.8) is 0 Å². The molecule has 43 heavy (non-hydrogen) atoms. The Bertz CT molecular complexity index is 1240. The number of thioether (sulfide) groups is 1. The standard InChI is InChI=1S/C22H29N3S2.2C4H4O4/c1-3-26-18-9-10-22-20(17-18)25(19-7-4-5-8-21(19)27-22)12-6-11-24-15-13-23(2)14-16-24;2*5-3(6)1-2-4(7)8/h4-5,7-10,17H,3,6,11-16H2,1-2H3;2*1-2H,(H,5,6)(H,7,8)/b;2*2-1-. The molecule has 1 saturated heterocycles. The van der Waals surface area contributed by atoms with Crippen molar-refractivity contribution in [2.75, 3.05) is 57.0 Å². The number of carboxylic acids is 4. The number of para-hydroxylation sites is 1. The number of hydrogen-bond acceptors (Lipinski definition) is 9. The van der Waals surface area contributed by atoms with E-state index in [4.69, 9.17) is 20.4 Å². The van der Waals surface area contributed by atoms with Gasteiger partial charge in [-0.25, -0.2) is 19.2 Å². The topological polar surface area (TPSA) is 159 Å². The highest BCUT2D eigenvalue weighted by Crippen LogP contribution is 2.49.